The predicted molar refractivity (Wildman–Crippen MR) is 207 cm³/mol. The van der Waals surface area contributed by atoms with E-state index in [1.807, 2.05) is 24.3 Å². The molecule has 0 aliphatic rings. The Kier molecular flexibility index (Phi) is 6.46. The third-order valence-corrected chi connectivity index (χ3v) is 9.62. The summed E-state index contributed by atoms with van der Waals surface area (Å²) in [6.07, 6.45) is 0. The summed E-state index contributed by atoms with van der Waals surface area (Å²) in [6.45, 7) is 0. The fourth-order valence-corrected chi connectivity index (χ4v) is 7.15. The molecule has 4 aromatic heterocycles. The van der Waals surface area contributed by atoms with Crippen molar-refractivity contribution in [3.05, 3.63) is 170 Å². The minimum atomic E-state index is 0.892. The summed E-state index contributed by atoms with van der Waals surface area (Å²) < 4.78 is 0. The van der Waals surface area contributed by atoms with Crippen LogP contribution in [0, 0.1) is 0 Å². The van der Waals surface area contributed by atoms with E-state index in [4.69, 9.17) is 19.9 Å². The van der Waals surface area contributed by atoms with Gasteiger partial charge in [0.25, 0.3) is 0 Å². The average Bonchev–Trinajstić information content (AvgIpc) is 3.20. The summed E-state index contributed by atoms with van der Waals surface area (Å²) in [7, 11) is 0. The summed E-state index contributed by atoms with van der Waals surface area (Å²) in [5, 5.41) is 5.42. The molecule has 232 valence electrons. The first-order chi connectivity index (χ1) is 24.8. The molecule has 0 spiro atoms. The molecule has 0 fully saturated rings. The van der Waals surface area contributed by atoms with Crippen LogP contribution in [0.2, 0.25) is 0 Å². The number of aromatic nitrogens is 4. The molecule has 10 aromatic rings. The molecular formula is C46H28N4. The minimum Gasteiger partial charge on any atom is -0.245 e. The van der Waals surface area contributed by atoms with Gasteiger partial charge in [0.1, 0.15) is 0 Å². The summed E-state index contributed by atoms with van der Waals surface area (Å²) in [4.78, 5) is 20.8. The van der Waals surface area contributed by atoms with Crippen LogP contribution in [0.4, 0.5) is 0 Å². The van der Waals surface area contributed by atoms with E-state index in [9.17, 15) is 0 Å². The molecule has 0 unspecified atom stereocenters. The van der Waals surface area contributed by atoms with Gasteiger partial charge in [0.15, 0.2) is 0 Å². The zero-order valence-corrected chi connectivity index (χ0v) is 27.0. The van der Waals surface area contributed by atoms with E-state index >= 15 is 0 Å². The number of hydrogen-bond donors (Lipinski definition) is 0. The van der Waals surface area contributed by atoms with Crippen molar-refractivity contribution in [3.8, 4) is 44.9 Å². The summed E-state index contributed by atoms with van der Waals surface area (Å²) in [5.41, 5.74) is 12.8. The lowest BCUT2D eigenvalue weighted by Crippen LogP contribution is -1.93. The summed E-state index contributed by atoms with van der Waals surface area (Å²) in [5.74, 6) is 0. The van der Waals surface area contributed by atoms with Crippen LogP contribution in [-0.4, -0.2) is 19.9 Å². The first kappa shape index (κ1) is 28.3. The molecule has 0 saturated heterocycles. The lowest BCUT2D eigenvalue weighted by Gasteiger charge is -2.13. The molecular weight excluding hydrogens is 609 g/mol. The third-order valence-electron chi connectivity index (χ3n) is 9.62. The first-order valence-corrected chi connectivity index (χ1v) is 16.8. The Morgan fingerprint density at radius 3 is 1.36 bits per heavy atom. The molecule has 6 aromatic carbocycles. The number of fused-ring (bicyclic) bond motifs is 7. The minimum absolute atomic E-state index is 0.892. The van der Waals surface area contributed by atoms with Gasteiger partial charge in [0.2, 0.25) is 0 Å². The molecule has 0 radical (unpaired) electrons. The van der Waals surface area contributed by atoms with Crippen molar-refractivity contribution in [2.45, 2.75) is 0 Å². The summed E-state index contributed by atoms with van der Waals surface area (Å²) in [6, 6.07) is 59.0. The molecule has 0 N–H and O–H groups in total. The highest BCUT2D eigenvalue weighted by Crippen LogP contribution is 2.38. The van der Waals surface area contributed by atoms with Gasteiger partial charge in [0, 0.05) is 49.2 Å². The molecule has 0 aliphatic heterocycles. The van der Waals surface area contributed by atoms with Gasteiger partial charge in [-0.25, -0.2) is 19.9 Å². The van der Waals surface area contributed by atoms with E-state index in [1.54, 1.807) is 0 Å². The van der Waals surface area contributed by atoms with E-state index in [0.717, 1.165) is 88.3 Å². The van der Waals surface area contributed by atoms with Crippen LogP contribution >= 0.6 is 0 Å². The average molecular weight is 637 g/mol. The molecule has 4 nitrogen and oxygen atoms in total. The van der Waals surface area contributed by atoms with Gasteiger partial charge in [-0.1, -0.05) is 140 Å². The molecule has 0 aliphatic carbocycles. The number of rotatable bonds is 4. The second-order valence-electron chi connectivity index (χ2n) is 12.6. The Labute approximate surface area is 288 Å². The van der Waals surface area contributed by atoms with Crippen molar-refractivity contribution in [1.82, 2.24) is 19.9 Å². The Morgan fingerprint density at radius 2 is 0.740 bits per heavy atom. The van der Waals surface area contributed by atoms with Gasteiger partial charge in [0.05, 0.1) is 44.7 Å². The van der Waals surface area contributed by atoms with E-state index in [-0.39, 0.29) is 0 Å². The monoisotopic (exact) mass is 636 g/mol. The Balaban J connectivity index is 1.11. The summed E-state index contributed by atoms with van der Waals surface area (Å²) >= 11 is 0. The lowest BCUT2D eigenvalue weighted by atomic mass is 9.95. The van der Waals surface area contributed by atoms with E-state index in [1.165, 1.54) is 11.1 Å². The van der Waals surface area contributed by atoms with Crippen molar-refractivity contribution in [2.24, 2.45) is 0 Å². The molecule has 4 heterocycles. The predicted octanol–water partition coefficient (Wildman–Crippen LogP) is 11.7. The zero-order chi connectivity index (χ0) is 33.0. The maximum atomic E-state index is 5.29. The number of benzene rings is 6. The molecule has 0 bridgehead atoms. The fourth-order valence-electron chi connectivity index (χ4n) is 7.15. The van der Waals surface area contributed by atoms with E-state index < -0.39 is 0 Å². The lowest BCUT2D eigenvalue weighted by molar-refractivity contribution is 1.36. The van der Waals surface area contributed by atoms with Gasteiger partial charge in [-0.05, 0) is 35.9 Å². The maximum absolute atomic E-state index is 5.29. The van der Waals surface area contributed by atoms with Crippen LogP contribution in [0.15, 0.2) is 170 Å². The van der Waals surface area contributed by atoms with Gasteiger partial charge < -0.3 is 0 Å². The topological polar surface area (TPSA) is 51.6 Å². The highest BCUT2D eigenvalue weighted by atomic mass is 14.8. The fraction of sp³-hybridized carbons (Fsp3) is 0. The van der Waals surface area contributed by atoms with Crippen LogP contribution in [0.1, 0.15) is 0 Å². The maximum Gasteiger partial charge on any atom is 0.0978 e. The van der Waals surface area contributed by atoms with Crippen molar-refractivity contribution >= 4 is 54.5 Å². The molecule has 4 heteroatoms. The van der Waals surface area contributed by atoms with Crippen LogP contribution in [0.3, 0.4) is 0 Å². The van der Waals surface area contributed by atoms with Crippen molar-refractivity contribution in [3.63, 3.8) is 0 Å². The second kappa shape index (κ2) is 11.4. The van der Waals surface area contributed by atoms with Gasteiger partial charge in [-0.15, -0.1) is 0 Å². The number of pyridine rings is 4. The quantitative estimate of drug-likeness (QED) is 0.142. The largest absolute Gasteiger partial charge is 0.245 e. The normalized spacial score (nSPS) is 11.6. The Hall–Kier alpha value is -6.78. The molecule has 0 amide bonds. The van der Waals surface area contributed by atoms with Crippen molar-refractivity contribution in [2.75, 3.05) is 0 Å². The van der Waals surface area contributed by atoms with Crippen molar-refractivity contribution in [1.29, 1.82) is 0 Å². The smallest absolute Gasteiger partial charge is 0.0978 e. The highest BCUT2D eigenvalue weighted by molar-refractivity contribution is 6.16. The Bertz CT molecular complexity index is 2920. The second-order valence-corrected chi connectivity index (χ2v) is 12.6. The first-order valence-electron chi connectivity index (χ1n) is 16.8. The molecule has 0 saturated carbocycles. The van der Waals surface area contributed by atoms with E-state index in [2.05, 4.69) is 146 Å². The highest BCUT2D eigenvalue weighted by Gasteiger charge is 2.15. The molecule has 10 rings (SSSR count). The van der Waals surface area contributed by atoms with Crippen LogP contribution < -0.4 is 0 Å². The van der Waals surface area contributed by atoms with Crippen LogP contribution in [0.25, 0.3) is 99.4 Å². The van der Waals surface area contributed by atoms with Gasteiger partial charge in [-0.2, -0.15) is 0 Å². The van der Waals surface area contributed by atoms with Gasteiger partial charge >= 0.3 is 0 Å². The van der Waals surface area contributed by atoms with Crippen LogP contribution in [0.5, 0.6) is 0 Å². The van der Waals surface area contributed by atoms with Crippen molar-refractivity contribution < 1.29 is 0 Å². The molecule has 50 heavy (non-hydrogen) atoms. The number of nitrogens with zero attached hydrogens (tertiary/aromatic N) is 4. The zero-order valence-electron chi connectivity index (χ0n) is 27.0. The van der Waals surface area contributed by atoms with E-state index in [0.29, 0.717) is 0 Å². The third kappa shape index (κ3) is 4.69. The molecule has 0 atom stereocenters. The van der Waals surface area contributed by atoms with Gasteiger partial charge in [-0.3, -0.25) is 0 Å². The van der Waals surface area contributed by atoms with Crippen LogP contribution in [-0.2, 0) is 0 Å². The Morgan fingerprint density at radius 1 is 0.280 bits per heavy atom. The standard InChI is InChI=1S/C46H28N4/c1-3-10-29(11-4-1)38-25-21-31-18-19-32-22-26-39(48-44(32)43(31)47-38)34-14-9-15-35(28-34)40-27-23-33-20-24-37-42(30-12-5-2-6-13-30)36-16-7-8-17-41(36)50-46(37)45(33)49-40/h1-28H. The number of para-hydroxylation sites is 1. The SMILES string of the molecule is c1ccc(-c2ccc3ccc4ccc(-c5cccc(-c6ccc7ccc8c(-c9ccccc9)c9ccccc9nc8c7n6)c5)nc4c3n2)cc1. The number of hydrogen-bond acceptors (Lipinski definition) is 4.